The van der Waals surface area contributed by atoms with Crippen molar-refractivity contribution in [2.24, 2.45) is 5.41 Å². The van der Waals surface area contributed by atoms with Crippen LogP contribution in [0.3, 0.4) is 0 Å². The molecule has 0 spiro atoms. The van der Waals surface area contributed by atoms with Gasteiger partial charge in [0.15, 0.2) is 0 Å². The largest absolute Gasteiger partial charge is 0.463 e. The first kappa shape index (κ1) is 11.7. The highest BCUT2D eigenvalue weighted by molar-refractivity contribution is 5.83. The van der Waals surface area contributed by atoms with Crippen molar-refractivity contribution in [3.8, 4) is 6.07 Å². The summed E-state index contributed by atoms with van der Waals surface area (Å²) in [5.74, 6) is -0.450. The molecule has 0 aliphatic rings. The molecule has 3 nitrogen and oxygen atoms in total. The number of allylic oxidation sites excluding steroid dienone is 1. The zero-order valence-electron chi connectivity index (χ0n) is 8.55. The summed E-state index contributed by atoms with van der Waals surface area (Å²) in [6.07, 6.45) is 1.25. The predicted octanol–water partition coefficient (Wildman–Crippen LogP) is 2.05. The summed E-state index contributed by atoms with van der Waals surface area (Å²) in [6.45, 7) is 7.69. The van der Waals surface area contributed by atoms with Gasteiger partial charge in [-0.15, -0.1) is 0 Å². The number of esters is 1. The van der Waals surface area contributed by atoms with E-state index in [-0.39, 0.29) is 5.41 Å². The fourth-order valence-electron chi connectivity index (χ4n) is 0.718. The summed E-state index contributed by atoms with van der Waals surface area (Å²) < 4.78 is 4.70. The molecular weight excluding hydrogens is 166 g/mol. The minimum atomic E-state index is -0.450. The first-order valence-electron chi connectivity index (χ1n) is 4.20. The molecule has 0 atom stereocenters. The second kappa shape index (κ2) is 4.66. The van der Waals surface area contributed by atoms with Gasteiger partial charge in [-0.1, -0.05) is 20.8 Å². The minimum Gasteiger partial charge on any atom is -0.463 e. The summed E-state index contributed by atoms with van der Waals surface area (Å²) in [4.78, 5) is 11.0. The number of nitrogens with zero attached hydrogens (tertiary/aromatic N) is 1. The highest BCUT2D eigenvalue weighted by Crippen LogP contribution is 2.24. The number of ether oxygens (including phenoxy) is 1. The third kappa shape index (κ3) is 4.32. The molecule has 0 aromatic rings. The number of carbonyl (C=O) groups excluding carboxylic acids is 1. The van der Waals surface area contributed by atoms with Crippen LogP contribution >= 0.6 is 0 Å². The van der Waals surface area contributed by atoms with Crippen LogP contribution in [-0.4, -0.2) is 12.6 Å². The van der Waals surface area contributed by atoms with E-state index in [2.05, 4.69) is 0 Å². The van der Waals surface area contributed by atoms with Gasteiger partial charge in [0, 0.05) is 11.6 Å². The van der Waals surface area contributed by atoms with E-state index in [1.807, 2.05) is 26.8 Å². The van der Waals surface area contributed by atoms with E-state index in [9.17, 15) is 4.79 Å². The van der Waals surface area contributed by atoms with Crippen LogP contribution in [-0.2, 0) is 9.53 Å². The van der Waals surface area contributed by atoms with Crippen molar-refractivity contribution in [2.45, 2.75) is 27.7 Å². The van der Waals surface area contributed by atoms with Crippen molar-refractivity contribution in [1.29, 1.82) is 5.26 Å². The zero-order valence-corrected chi connectivity index (χ0v) is 8.55. The molecule has 0 rings (SSSR count). The Morgan fingerprint density at radius 2 is 2.08 bits per heavy atom. The number of hydrogen-bond acceptors (Lipinski definition) is 3. The fourth-order valence-corrected chi connectivity index (χ4v) is 0.718. The molecular formula is C10H15NO2. The van der Waals surface area contributed by atoms with Crippen LogP contribution in [0.2, 0.25) is 0 Å². The van der Waals surface area contributed by atoms with Gasteiger partial charge in [0.1, 0.15) is 0 Å². The predicted molar refractivity (Wildman–Crippen MR) is 49.8 cm³/mol. The normalized spacial score (nSPS) is 12.1. The van der Waals surface area contributed by atoms with Crippen LogP contribution in [0.5, 0.6) is 0 Å². The topological polar surface area (TPSA) is 50.1 Å². The van der Waals surface area contributed by atoms with E-state index < -0.39 is 5.97 Å². The van der Waals surface area contributed by atoms with Crippen LogP contribution in [0.1, 0.15) is 27.7 Å². The van der Waals surface area contributed by atoms with Gasteiger partial charge in [-0.05, 0) is 12.3 Å². The Bertz CT molecular complexity index is 253. The first-order valence-corrected chi connectivity index (χ1v) is 4.20. The van der Waals surface area contributed by atoms with Crippen LogP contribution in [0.15, 0.2) is 11.6 Å². The summed E-state index contributed by atoms with van der Waals surface area (Å²) >= 11 is 0. The van der Waals surface area contributed by atoms with E-state index in [0.29, 0.717) is 12.2 Å². The van der Waals surface area contributed by atoms with Crippen molar-refractivity contribution in [3.63, 3.8) is 0 Å². The van der Waals surface area contributed by atoms with Gasteiger partial charge in [-0.2, -0.15) is 5.26 Å². The Kier molecular flexibility index (Phi) is 4.19. The second-order valence-corrected chi connectivity index (χ2v) is 3.67. The van der Waals surface area contributed by atoms with E-state index in [1.165, 1.54) is 6.08 Å². The standard InChI is InChI=1S/C10H15NO2/c1-5-13-9(12)6-8(7-11)10(2,3)4/h6H,5H2,1-4H3/b8-6+. The molecule has 0 N–H and O–H groups in total. The van der Waals surface area contributed by atoms with Crippen LogP contribution in [0.25, 0.3) is 0 Å². The lowest BCUT2D eigenvalue weighted by Gasteiger charge is -2.16. The van der Waals surface area contributed by atoms with Gasteiger partial charge < -0.3 is 4.74 Å². The average Bonchev–Trinajstić information content (AvgIpc) is 1.98. The third-order valence-electron chi connectivity index (χ3n) is 1.48. The van der Waals surface area contributed by atoms with Gasteiger partial charge in [-0.25, -0.2) is 4.79 Å². The van der Waals surface area contributed by atoms with Gasteiger partial charge in [0.25, 0.3) is 0 Å². The van der Waals surface area contributed by atoms with Crippen molar-refractivity contribution in [1.82, 2.24) is 0 Å². The van der Waals surface area contributed by atoms with Crippen molar-refractivity contribution < 1.29 is 9.53 Å². The summed E-state index contributed by atoms with van der Waals surface area (Å²) in [5, 5.41) is 8.75. The molecule has 0 aliphatic heterocycles. The first-order chi connectivity index (χ1) is 5.91. The van der Waals surface area contributed by atoms with Crippen molar-refractivity contribution in [2.75, 3.05) is 6.61 Å². The maximum atomic E-state index is 11.0. The Balaban J connectivity index is 4.61. The SMILES string of the molecule is CCOC(=O)/C=C(\C#N)C(C)(C)C. The van der Waals surface area contributed by atoms with E-state index >= 15 is 0 Å². The van der Waals surface area contributed by atoms with Gasteiger partial charge in [-0.3, -0.25) is 0 Å². The van der Waals surface area contributed by atoms with Crippen molar-refractivity contribution >= 4 is 5.97 Å². The molecule has 0 aromatic heterocycles. The molecule has 3 heteroatoms. The Morgan fingerprint density at radius 1 is 1.54 bits per heavy atom. The Hall–Kier alpha value is -1.30. The molecule has 72 valence electrons. The highest BCUT2D eigenvalue weighted by atomic mass is 16.5. The number of hydrogen-bond donors (Lipinski definition) is 0. The summed E-state index contributed by atoms with van der Waals surface area (Å²) in [6, 6.07) is 1.99. The van der Waals surface area contributed by atoms with Crippen LogP contribution in [0, 0.1) is 16.7 Å². The molecule has 0 aromatic carbocycles. The molecule has 0 radical (unpaired) electrons. The molecule has 0 heterocycles. The Labute approximate surface area is 79.0 Å². The molecule has 0 amide bonds. The minimum absolute atomic E-state index is 0.304. The Morgan fingerprint density at radius 3 is 2.38 bits per heavy atom. The molecule has 0 saturated carbocycles. The van der Waals surface area contributed by atoms with Gasteiger partial charge >= 0.3 is 5.97 Å². The molecule has 0 fully saturated rings. The lowest BCUT2D eigenvalue weighted by atomic mass is 9.87. The smallest absolute Gasteiger partial charge is 0.331 e. The van der Waals surface area contributed by atoms with Crippen LogP contribution in [0.4, 0.5) is 0 Å². The van der Waals surface area contributed by atoms with Crippen LogP contribution < -0.4 is 0 Å². The van der Waals surface area contributed by atoms with E-state index in [4.69, 9.17) is 10.00 Å². The van der Waals surface area contributed by atoms with Gasteiger partial charge in [0.2, 0.25) is 0 Å². The number of nitriles is 1. The van der Waals surface area contributed by atoms with E-state index in [0.717, 1.165) is 0 Å². The van der Waals surface area contributed by atoms with Crippen molar-refractivity contribution in [3.05, 3.63) is 11.6 Å². The number of rotatable bonds is 2. The lowest BCUT2D eigenvalue weighted by Crippen LogP contribution is -2.11. The molecule has 13 heavy (non-hydrogen) atoms. The third-order valence-corrected chi connectivity index (χ3v) is 1.48. The number of carbonyl (C=O) groups is 1. The monoisotopic (exact) mass is 181 g/mol. The molecule has 0 aliphatic carbocycles. The lowest BCUT2D eigenvalue weighted by molar-refractivity contribution is -0.137. The summed E-state index contributed by atoms with van der Waals surface area (Å²) in [5.41, 5.74) is 0.132. The quantitative estimate of drug-likeness (QED) is 0.372. The second-order valence-electron chi connectivity index (χ2n) is 3.67. The maximum absolute atomic E-state index is 11.0. The van der Waals surface area contributed by atoms with E-state index in [1.54, 1.807) is 6.92 Å². The zero-order chi connectivity index (χ0) is 10.5. The maximum Gasteiger partial charge on any atom is 0.331 e. The summed E-state index contributed by atoms with van der Waals surface area (Å²) in [7, 11) is 0. The molecule has 0 saturated heterocycles. The fraction of sp³-hybridized carbons (Fsp3) is 0.600. The average molecular weight is 181 g/mol. The molecule has 0 bridgehead atoms. The van der Waals surface area contributed by atoms with Gasteiger partial charge in [0.05, 0.1) is 12.7 Å². The molecule has 0 unspecified atom stereocenters. The highest BCUT2D eigenvalue weighted by Gasteiger charge is 2.18.